The first kappa shape index (κ1) is 25.0. The molecule has 0 saturated carbocycles. The van der Waals surface area contributed by atoms with Crippen LogP contribution in [0.4, 0.5) is 16.6 Å². The van der Waals surface area contributed by atoms with Gasteiger partial charge in [0.1, 0.15) is 17.3 Å². The van der Waals surface area contributed by atoms with Crippen LogP contribution in [0.15, 0.2) is 35.0 Å². The highest BCUT2D eigenvalue weighted by atomic mass is 16.6. The predicted octanol–water partition coefficient (Wildman–Crippen LogP) is 4.70. The molecule has 1 amide bonds. The van der Waals surface area contributed by atoms with Gasteiger partial charge < -0.3 is 24.4 Å². The summed E-state index contributed by atoms with van der Waals surface area (Å²) in [7, 11) is 3.30. The first-order chi connectivity index (χ1) is 16.2. The Bertz CT molecular complexity index is 1090. The second-order valence-electron chi connectivity index (χ2n) is 8.46. The van der Waals surface area contributed by atoms with Crippen molar-refractivity contribution in [1.82, 2.24) is 20.0 Å². The first-order valence-electron chi connectivity index (χ1n) is 11.5. The molecule has 0 saturated heterocycles. The lowest BCUT2D eigenvalue weighted by molar-refractivity contribution is 0.172. The molecular weight excluding hydrogens is 432 g/mol. The number of carbonyl (C=O) groups is 1. The van der Waals surface area contributed by atoms with Gasteiger partial charge in [-0.25, -0.2) is 9.78 Å². The van der Waals surface area contributed by atoms with E-state index in [1.165, 1.54) is 4.90 Å². The minimum atomic E-state index is -0.401. The number of amides is 1. The molecule has 2 heterocycles. The summed E-state index contributed by atoms with van der Waals surface area (Å²) < 4.78 is 10.7. The van der Waals surface area contributed by atoms with Crippen LogP contribution in [-0.4, -0.2) is 59.3 Å². The van der Waals surface area contributed by atoms with Gasteiger partial charge >= 0.3 is 6.09 Å². The quantitative estimate of drug-likeness (QED) is 0.485. The topological polar surface area (TPSA) is 96.6 Å². The number of nitrogens with zero attached hydrogens (tertiary/aromatic N) is 5. The van der Waals surface area contributed by atoms with Crippen LogP contribution in [0.5, 0.6) is 5.75 Å². The van der Waals surface area contributed by atoms with Crippen LogP contribution in [-0.2, 0) is 6.42 Å². The maximum atomic E-state index is 11.7. The molecule has 2 aromatic heterocycles. The third kappa shape index (κ3) is 5.84. The number of aryl methyl sites for hydroxylation is 2. The Labute approximate surface area is 201 Å². The fourth-order valence-corrected chi connectivity index (χ4v) is 3.72. The van der Waals surface area contributed by atoms with Gasteiger partial charge in [-0.05, 0) is 58.7 Å². The summed E-state index contributed by atoms with van der Waals surface area (Å²) in [5.74, 6) is 2.68. The van der Waals surface area contributed by atoms with Gasteiger partial charge in [-0.15, -0.1) is 0 Å². The Morgan fingerprint density at radius 1 is 1.15 bits per heavy atom. The molecule has 0 radical (unpaired) electrons. The number of nitrogens with one attached hydrogen (secondary N) is 1. The van der Waals surface area contributed by atoms with E-state index in [1.54, 1.807) is 14.1 Å². The van der Waals surface area contributed by atoms with Crippen molar-refractivity contribution in [3.63, 3.8) is 0 Å². The number of carbonyl (C=O) groups excluding carboxylic acids is 1. The molecule has 34 heavy (non-hydrogen) atoms. The molecule has 0 aliphatic rings. The third-order valence-electron chi connectivity index (χ3n) is 5.54. The number of ether oxygens (including phenoxy) is 1. The molecular formula is C25H34N6O3. The van der Waals surface area contributed by atoms with Gasteiger partial charge in [-0.3, -0.25) is 0 Å². The van der Waals surface area contributed by atoms with Gasteiger partial charge in [-0.1, -0.05) is 17.3 Å². The van der Waals surface area contributed by atoms with Crippen LogP contribution in [0.25, 0.3) is 11.1 Å². The van der Waals surface area contributed by atoms with E-state index < -0.39 is 6.09 Å². The second kappa shape index (κ2) is 11.0. The van der Waals surface area contributed by atoms with Gasteiger partial charge in [0.25, 0.3) is 0 Å². The fourth-order valence-electron chi connectivity index (χ4n) is 3.72. The zero-order valence-corrected chi connectivity index (χ0v) is 21.0. The summed E-state index contributed by atoms with van der Waals surface area (Å²) in [6, 6.07) is 7.62. The minimum absolute atomic E-state index is 0.0776. The Morgan fingerprint density at radius 2 is 1.82 bits per heavy atom. The largest absolute Gasteiger partial charge is 0.414 e. The fraction of sp³-hybridized carbons (Fsp3) is 0.440. The smallest absolute Gasteiger partial charge is 0.410 e. The molecule has 1 N–H and O–H groups in total. The van der Waals surface area contributed by atoms with Gasteiger partial charge in [0, 0.05) is 45.0 Å². The van der Waals surface area contributed by atoms with Gasteiger partial charge in [0.05, 0.1) is 11.3 Å². The van der Waals surface area contributed by atoms with Gasteiger partial charge in [-0.2, -0.15) is 4.98 Å². The normalized spacial score (nSPS) is 11.7. The number of anilines is 2. The third-order valence-corrected chi connectivity index (χ3v) is 5.54. The van der Waals surface area contributed by atoms with Gasteiger partial charge in [0.2, 0.25) is 5.95 Å². The van der Waals surface area contributed by atoms with Gasteiger partial charge in [0.15, 0.2) is 0 Å². The van der Waals surface area contributed by atoms with E-state index in [2.05, 4.69) is 41.1 Å². The summed E-state index contributed by atoms with van der Waals surface area (Å²) >= 11 is 0. The predicted molar refractivity (Wildman–Crippen MR) is 134 cm³/mol. The zero-order valence-electron chi connectivity index (χ0n) is 21.0. The summed E-state index contributed by atoms with van der Waals surface area (Å²) in [5.41, 5.74) is 3.69. The maximum Gasteiger partial charge on any atom is 0.414 e. The Balaban J connectivity index is 1.82. The lowest BCUT2D eigenvalue weighted by atomic mass is 10.0. The number of rotatable bonds is 9. The molecule has 9 heteroatoms. The highest BCUT2D eigenvalue weighted by molar-refractivity contribution is 5.78. The van der Waals surface area contributed by atoms with Crippen LogP contribution >= 0.6 is 0 Å². The van der Waals surface area contributed by atoms with Crippen LogP contribution in [0.2, 0.25) is 0 Å². The molecule has 3 aromatic rings. The second-order valence-corrected chi connectivity index (χ2v) is 8.46. The van der Waals surface area contributed by atoms with E-state index in [-0.39, 0.29) is 6.04 Å². The Morgan fingerprint density at radius 3 is 2.38 bits per heavy atom. The zero-order chi connectivity index (χ0) is 24.8. The Kier molecular flexibility index (Phi) is 8.09. The number of aromatic nitrogens is 3. The average Bonchev–Trinajstić information content (AvgIpc) is 3.14. The van der Waals surface area contributed by atoms with Crippen molar-refractivity contribution in [2.45, 2.75) is 47.1 Å². The van der Waals surface area contributed by atoms with E-state index in [4.69, 9.17) is 14.2 Å². The van der Waals surface area contributed by atoms with Crippen molar-refractivity contribution in [3.05, 3.63) is 47.5 Å². The van der Waals surface area contributed by atoms with Crippen molar-refractivity contribution in [1.29, 1.82) is 0 Å². The van der Waals surface area contributed by atoms with Crippen LogP contribution in [0, 0.1) is 13.8 Å². The van der Waals surface area contributed by atoms with Crippen molar-refractivity contribution >= 4 is 17.9 Å². The molecule has 1 aromatic carbocycles. The molecule has 0 bridgehead atoms. The Hall–Kier alpha value is -3.62. The highest BCUT2D eigenvalue weighted by Gasteiger charge is 2.20. The van der Waals surface area contributed by atoms with E-state index in [1.807, 2.05) is 44.3 Å². The molecule has 1 unspecified atom stereocenters. The lowest BCUT2D eigenvalue weighted by Crippen LogP contribution is -2.26. The van der Waals surface area contributed by atoms with Crippen molar-refractivity contribution < 1.29 is 14.1 Å². The van der Waals surface area contributed by atoms with Crippen LogP contribution in [0.1, 0.15) is 37.8 Å². The van der Waals surface area contributed by atoms with Crippen molar-refractivity contribution in [2.75, 3.05) is 37.4 Å². The molecule has 0 aliphatic carbocycles. The highest BCUT2D eigenvalue weighted by Crippen LogP contribution is 2.33. The van der Waals surface area contributed by atoms with Crippen molar-refractivity contribution in [2.24, 2.45) is 0 Å². The summed E-state index contributed by atoms with van der Waals surface area (Å²) in [6.07, 6.45) is 2.20. The van der Waals surface area contributed by atoms with E-state index in [9.17, 15) is 4.79 Å². The standard InChI is InChI=1S/C25H34N6O3/c1-8-31(9-2)24-26-15-21(22-17(4)29-34-18(22)5)23(28-24)27-16(3)14-19-10-12-20(13-11-19)33-25(32)30(6)7/h10-13,15-16H,8-9,14H2,1-7H3,(H,26,27,28). The summed E-state index contributed by atoms with van der Waals surface area (Å²) in [5, 5.41) is 7.67. The molecule has 0 fully saturated rings. The van der Waals surface area contributed by atoms with E-state index in [0.717, 1.165) is 53.5 Å². The SMILES string of the molecule is CCN(CC)c1ncc(-c2c(C)noc2C)c(NC(C)Cc2ccc(OC(=O)N(C)C)cc2)n1. The first-order valence-corrected chi connectivity index (χ1v) is 11.5. The van der Waals surface area contributed by atoms with E-state index in [0.29, 0.717) is 11.7 Å². The monoisotopic (exact) mass is 466 g/mol. The molecule has 182 valence electrons. The van der Waals surface area contributed by atoms with Crippen LogP contribution < -0.4 is 15.0 Å². The molecule has 3 rings (SSSR count). The molecule has 9 nitrogen and oxygen atoms in total. The van der Waals surface area contributed by atoms with Crippen molar-refractivity contribution in [3.8, 4) is 16.9 Å². The minimum Gasteiger partial charge on any atom is -0.410 e. The molecule has 1 atom stereocenters. The molecule has 0 aliphatic heterocycles. The summed E-state index contributed by atoms with van der Waals surface area (Å²) in [4.78, 5) is 24.7. The lowest BCUT2D eigenvalue weighted by Gasteiger charge is -2.22. The number of hydrogen-bond donors (Lipinski definition) is 1. The number of hydrogen-bond acceptors (Lipinski definition) is 8. The van der Waals surface area contributed by atoms with E-state index >= 15 is 0 Å². The average molecular weight is 467 g/mol. The van der Waals surface area contributed by atoms with Crippen LogP contribution in [0.3, 0.4) is 0 Å². The molecule has 0 spiro atoms. The summed E-state index contributed by atoms with van der Waals surface area (Å²) in [6.45, 7) is 11.7. The maximum absolute atomic E-state index is 11.7. The number of benzene rings is 1.